The van der Waals surface area contributed by atoms with E-state index >= 15 is 0 Å². The molecular formula is C17H20BrFN2. The number of nitrogens with one attached hydrogen (secondary N) is 1. The van der Waals surface area contributed by atoms with E-state index in [0.29, 0.717) is 4.47 Å². The summed E-state index contributed by atoms with van der Waals surface area (Å²) in [7, 11) is 0. The van der Waals surface area contributed by atoms with Crippen LogP contribution < -0.4 is 11.3 Å². The molecule has 2 aromatic rings. The van der Waals surface area contributed by atoms with Gasteiger partial charge in [0.1, 0.15) is 5.82 Å². The lowest BCUT2D eigenvalue weighted by molar-refractivity contribution is 0.341. The molecule has 0 saturated carbocycles. The van der Waals surface area contributed by atoms with Crippen LogP contribution >= 0.6 is 15.9 Å². The summed E-state index contributed by atoms with van der Waals surface area (Å²) in [6.45, 7) is 4.32. The van der Waals surface area contributed by atoms with Gasteiger partial charge in [0.05, 0.1) is 4.47 Å². The van der Waals surface area contributed by atoms with Gasteiger partial charge in [-0.2, -0.15) is 0 Å². The SMILES string of the molecule is CC(C)(c1ccccc1)C(Cc1ccc(F)c(Br)c1)NN. The average Bonchev–Trinajstić information content (AvgIpc) is 2.49. The van der Waals surface area contributed by atoms with Crippen molar-refractivity contribution in [2.45, 2.75) is 31.7 Å². The molecule has 0 amide bonds. The fourth-order valence-corrected chi connectivity index (χ4v) is 2.92. The van der Waals surface area contributed by atoms with Crippen molar-refractivity contribution in [2.75, 3.05) is 0 Å². The minimum absolute atomic E-state index is 0.0391. The number of hydrogen-bond acceptors (Lipinski definition) is 2. The van der Waals surface area contributed by atoms with Crippen LogP contribution in [0.1, 0.15) is 25.0 Å². The third-order valence-corrected chi connectivity index (χ3v) is 4.62. The summed E-state index contributed by atoms with van der Waals surface area (Å²) in [6.07, 6.45) is 0.720. The van der Waals surface area contributed by atoms with E-state index in [4.69, 9.17) is 5.84 Å². The third-order valence-electron chi connectivity index (χ3n) is 4.01. The van der Waals surface area contributed by atoms with Gasteiger partial charge in [-0.25, -0.2) is 4.39 Å². The molecule has 21 heavy (non-hydrogen) atoms. The lowest BCUT2D eigenvalue weighted by Gasteiger charge is -2.34. The Morgan fingerprint density at radius 3 is 2.43 bits per heavy atom. The molecule has 0 heterocycles. The van der Waals surface area contributed by atoms with Gasteiger partial charge in [-0.1, -0.05) is 50.2 Å². The first-order valence-electron chi connectivity index (χ1n) is 6.90. The highest BCUT2D eigenvalue weighted by atomic mass is 79.9. The quantitative estimate of drug-likeness (QED) is 0.633. The van der Waals surface area contributed by atoms with E-state index in [-0.39, 0.29) is 17.3 Å². The van der Waals surface area contributed by atoms with Gasteiger partial charge in [0, 0.05) is 11.5 Å². The van der Waals surface area contributed by atoms with Crippen LogP contribution in [0.3, 0.4) is 0 Å². The topological polar surface area (TPSA) is 38.0 Å². The highest BCUT2D eigenvalue weighted by Gasteiger charge is 2.30. The minimum Gasteiger partial charge on any atom is -0.271 e. The number of nitrogens with two attached hydrogens (primary N) is 1. The summed E-state index contributed by atoms with van der Waals surface area (Å²) in [5, 5.41) is 0. The van der Waals surface area contributed by atoms with Crippen LogP contribution in [0.4, 0.5) is 4.39 Å². The summed E-state index contributed by atoms with van der Waals surface area (Å²) >= 11 is 3.23. The molecule has 0 aromatic heterocycles. The Balaban J connectivity index is 2.25. The Labute approximate surface area is 133 Å². The molecule has 0 spiro atoms. The van der Waals surface area contributed by atoms with Crippen molar-refractivity contribution in [3.63, 3.8) is 0 Å². The van der Waals surface area contributed by atoms with Crippen LogP contribution in [-0.4, -0.2) is 6.04 Å². The van der Waals surface area contributed by atoms with E-state index in [2.05, 4.69) is 47.3 Å². The van der Waals surface area contributed by atoms with Crippen molar-refractivity contribution in [3.05, 3.63) is 69.9 Å². The van der Waals surface area contributed by atoms with Gasteiger partial charge in [0.15, 0.2) is 0 Å². The molecule has 112 valence electrons. The summed E-state index contributed by atoms with van der Waals surface area (Å²) < 4.78 is 13.8. The van der Waals surface area contributed by atoms with Crippen LogP contribution in [-0.2, 0) is 11.8 Å². The van der Waals surface area contributed by atoms with Crippen LogP contribution in [0.15, 0.2) is 53.0 Å². The van der Waals surface area contributed by atoms with Crippen molar-refractivity contribution in [3.8, 4) is 0 Å². The standard InChI is InChI=1S/C17H20BrFN2/c1-17(2,13-6-4-3-5-7-13)16(21-20)11-12-8-9-15(19)14(18)10-12/h3-10,16,21H,11,20H2,1-2H3. The van der Waals surface area contributed by atoms with Gasteiger partial charge in [-0.05, 0) is 45.6 Å². The lowest BCUT2D eigenvalue weighted by atomic mass is 9.76. The van der Waals surface area contributed by atoms with E-state index in [0.717, 1.165) is 12.0 Å². The summed E-state index contributed by atoms with van der Waals surface area (Å²) in [5.74, 6) is 5.52. The van der Waals surface area contributed by atoms with E-state index in [1.807, 2.05) is 18.2 Å². The molecule has 0 aliphatic carbocycles. The Bertz CT molecular complexity index is 599. The summed E-state index contributed by atoms with van der Waals surface area (Å²) in [5.41, 5.74) is 5.03. The largest absolute Gasteiger partial charge is 0.271 e. The predicted molar refractivity (Wildman–Crippen MR) is 88.4 cm³/mol. The van der Waals surface area contributed by atoms with E-state index in [9.17, 15) is 4.39 Å². The molecule has 2 nitrogen and oxygen atoms in total. The van der Waals surface area contributed by atoms with E-state index < -0.39 is 0 Å². The van der Waals surface area contributed by atoms with Gasteiger partial charge >= 0.3 is 0 Å². The summed E-state index contributed by atoms with van der Waals surface area (Å²) in [4.78, 5) is 0. The second kappa shape index (κ2) is 6.69. The molecule has 0 aliphatic heterocycles. The minimum atomic E-state index is -0.252. The molecule has 3 N–H and O–H groups in total. The van der Waals surface area contributed by atoms with Gasteiger partial charge in [-0.3, -0.25) is 11.3 Å². The molecule has 0 aliphatic rings. The third kappa shape index (κ3) is 3.70. The Morgan fingerprint density at radius 1 is 1.19 bits per heavy atom. The second-order valence-electron chi connectivity index (χ2n) is 5.76. The molecule has 4 heteroatoms. The first-order chi connectivity index (χ1) is 9.95. The highest BCUT2D eigenvalue weighted by Crippen LogP contribution is 2.29. The fourth-order valence-electron chi connectivity index (χ4n) is 2.49. The zero-order valence-electron chi connectivity index (χ0n) is 12.2. The van der Waals surface area contributed by atoms with Crippen molar-refractivity contribution in [1.82, 2.24) is 5.43 Å². The number of hydrazine groups is 1. The van der Waals surface area contributed by atoms with Crippen LogP contribution in [0.5, 0.6) is 0 Å². The number of rotatable bonds is 5. The van der Waals surface area contributed by atoms with E-state index in [1.54, 1.807) is 12.1 Å². The average molecular weight is 351 g/mol. The normalized spacial score (nSPS) is 13.2. The van der Waals surface area contributed by atoms with Crippen molar-refractivity contribution in [1.29, 1.82) is 0 Å². The van der Waals surface area contributed by atoms with Crippen LogP contribution in [0, 0.1) is 5.82 Å². The van der Waals surface area contributed by atoms with Crippen molar-refractivity contribution >= 4 is 15.9 Å². The molecule has 1 unspecified atom stereocenters. The molecule has 1 atom stereocenters. The first-order valence-corrected chi connectivity index (χ1v) is 7.70. The zero-order chi connectivity index (χ0) is 15.5. The number of hydrogen-bond donors (Lipinski definition) is 2. The molecule has 0 bridgehead atoms. The van der Waals surface area contributed by atoms with Gasteiger partial charge in [-0.15, -0.1) is 0 Å². The first kappa shape index (κ1) is 16.1. The zero-order valence-corrected chi connectivity index (χ0v) is 13.8. The Kier molecular flexibility index (Phi) is 5.14. The fraction of sp³-hybridized carbons (Fsp3) is 0.294. The van der Waals surface area contributed by atoms with Gasteiger partial charge in [0.2, 0.25) is 0 Å². The van der Waals surface area contributed by atoms with Crippen LogP contribution in [0.2, 0.25) is 0 Å². The maximum atomic E-state index is 13.3. The smallest absolute Gasteiger partial charge is 0.137 e. The second-order valence-corrected chi connectivity index (χ2v) is 6.61. The Hall–Kier alpha value is -1.23. The monoisotopic (exact) mass is 350 g/mol. The van der Waals surface area contributed by atoms with Crippen LogP contribution in [0.25, 0.3) is 0 Å². The van der Waals surface area contributed by atoms with Crippen molar-refractivity contribution in [2.24, 2.45) is 5.84 Å². The lowest BCUT2D eigenvalue weighted by Crippen LogP contribution is -2.49. The predicted octanol–water partition coefficient (Wildman–Crippen LogP) is 3.94. The molecule has 2 aromatic carbocycles. The highest BCUT2D eigenvalue weighted by molar-refractivity contribution is 9.10. The van der Waals surface area contributed by atoms with Gasteiger partial charge < -0.3 is 0 Å². The molecule has 0 fully saturated rings. The maximum absolute atomic E-state index is 13.3. The molecular weight excluding hydrogens is 331 g/mol. The van der Waals surface area contributed by atoms with Crippen molar-refractivity contribution < 1.29 is 4.39 Å². The Morgan fingerprint density at radius 2 is 1.86 bits per heavy atom. The summed E-state index contributed by atoms with van der Waals surface area (Å²) in [6, 6.07) is 15.4. The molecule has 0 saturated heterocycles. The molecule has 0 radical (unpaired) electrons. The van der Waals surface area contributed by atoms with E-state index in [1.165, 1.54) is 11.6 Å². The van der Waals surface area contributed by atoms with Gasteiger partial charge in [0.25, 0.3) is 0 Å². The number of halogens is 2. The number of benzene rings is 2. The molecule has 2 rings (SSSR count). The maximum Gasteiger partial charge on any atom is 0.137 e.